The molecule has 0 bridgehead atoms. The molecule has 1 unspecified atom stereocenters. The zero-order valence-electron chi connectivity index (χ0n) is 12.9. The first-order chi connectivity index (χ1) is 10.2. The molecule has 0 amide bonds. The van der Waals surface area contributed by atoms with E-state index in [4.69, 9.17) is 27.9 Å². The number of rotatable bonds is 6. The van der Waals surface area contributed by atoms with Gasteiger partial charge >= 0.3 is 0 Å². The maximum absolute atomic E-state index is 6.31. The van der Waals surface area contributed by atoms with Crippen LogP contribution in [0.1, 0.15) is 69.9 Å². The topological polar surface area (TPSA) is 35.0 Å². The largest absolute Gasteiger partial charge is 0.370 e. The molecule has 1 fully saturated rings. The Morgan fingerprint density at radius 3 is 2.24 bits per heavy atom. The van der Waals surface area contributed by atoms with Gasteiger partial charge in [0.2, 0.25) is 0 Å². The Labute approximate surface area is 137 Å². The first-order valence-electron chi connectivity index (χ1n) is 8.00. The molecule has 0 spiro atoms. The summed E-state index contributed by atoms with van der Waals surface area (Å²) in [6, 6.07) is 0. The summed E-state index contributed by atoms with van der Waals surface area (Å²) in [5.41, 5.74) is 0.850. The van der Waals surface area contributed by atoms with Gasteiger partial charge in [-0.05, 0) is 32.1 Å². The lowest BCUT2D eigenvalue weighted by Gasteiger charge is -2.29. The van der Waals surface area contributed by atoms with Crippen molar-refractivity contribution in [2.24, 2.45) is 5.92 Å². The Morgan fingerprint density at radius 1 is 1.10 bits per heavy atom. The molecule has 5 heteroatoms. The minimum absolute atomic E-state index is 0.0824. The molecule has 0 aliphatic heterocycles. The van der Waals surface area contributed by atoms with Crippen LogP contribution in [0.25, 0.3) is 0 Å². The number of hydrogen-bond donors (Lipinski definition) is 0. The molecular weight excluding hydrogens is 307 g/mol. The lowest BCUT2D eigenvalue weighted by Crippen LogP contribution is -2.21. The van der Waals surface area contributed by atoms with E-state index in [1.165, 1.54) is 32.1 Å². The second-order valence-corrected chi connectivity index (χ2v) is 6.38. The van der Waals surface area contributed by atoms with E-state index in [2.05, 4.69) is 16.9 Å². The molecule has 21 heavy (non-hydrogen) atoms. The fraction of sp³-hybridized carbons (Fsp3) is 0.750. The molecule has 1 aromatic rings. The minimum atomic E-state index is -0.0824. The maximum atomic E-state index is 6.31. The van der Waals surface area contributed by atoms with Crippen LogP contribution in [0.5, 0.6) is 0 Å². The summed E-state index contributed by atoms with van der Waals surface area (Å²) in [6.07, 6.45) is 7.85. The van der Waals surface area contributed by atoms with Gasteiger partial charge in [-0.15, -0.1) is 0 Å². The highest BCUT2D eigenvalue weighted by Crippen LogP contribution is 2.37. The summed E-state index contributed by atoms with van der Waals surface area (Å²) in [6.45, 7) is 4.74. The van der Waals surface area contributed by atoms with Crippen LogP contribution in [0, 0.1) is 5.92 Å². The third-order valence-electron chi connectivity index (χ3n) is 4.10. The first-order valence-corrected chi connectivity index (χ1v) is 8.76. The van der Waals surface area contributed by atoms with Crippen LogP contribution in [0.2, 0.25) is 10.3 Å². The molecule has 1 saturated carbocycles. The van der Waals surface area contributed by atoms with Crippen molar-refractivity contribution in [1.82, 2.24) is 9.97 Å². The fourth-order valence-electron chi connectivity index (χ4n) is 3.07. The summed E-state index contributed by atoms with van der Waals surface area (Å²) in [5, 5.41) is 0.958. The van der Waals surface area contributed by atoms with Gasteiger partial charge in [0.05, 0.1) is 0 Å². The van der Waals surface area contributed by atoms with Gasteiger partial charge in [-0.3, -0.25) is 0 Å². The SMILES string of the molecule is CCCc1c(Cl)nc(C(OCC)C2CCCCC2)nc1Cl. The first kappa shape index (κ1) is 17.0. The standard InChI is InChI=1S/C16H24Cl2N2O/c1-3-8-12-14(17)19-16(20-15(12)18)13(21-4-2)11-9-6-5-7-10-11/h11,13H,3-10H2,1-2H3. The fourth-order valence-corrected chi connectivity index (χ4v) is 3.66. The van der Waals surface area contributed by atoms with Crippen molar-refractivity contribution in [2.45, 2.75) is 64.9 Å². The van der Waals surface area contributed by atoms with Crippen molar-refractivity contribution in [3.8, 4) is 0 Å². The average molecular weight is 331 g/mol. The van der Waals surface area contributed by atoms with Crippen LogP contribution in [0.4, 0.5) is 0 Å². The van der Waals surface area contributed by atoms with E-state index in [1.54, 1.807) is 0 Å². The number of ether oxygens (including phenoxy) is 1. The molecule has 0 aromatic carbocycles. The van der Waals surface area contributed by atoms with Crippen LogP contribution in [-0.4, -0.2) is 16.6 Å². The van der Waals surface area contributed by atoms with Gasteiger partial charge in [0.1, 0.15) is 16.4 Å². The van der Waals surface area contributed by atoms with E-state index in [1.807, 2.05) is 6.92 Å². The van der Waals surface area contributed by atoms with Crippen molar-refractivity contribution in [2.75, 3.05) is 6.61 Å². The summed E-state index contributed by atoms with van der Waals surface area (Å²) >= 11 is 12.6. The van der Waals surface area contributed by atoms with E-state index in [-0.39, 0.29) is 6.10 Å². The highest BCUT2D eigenvalue weighted by atomic mass is 35.5. The molecular formula is C16H24Cl2N2O. The van der Waals surface area contributed by atoms with Crippen molar-refractivity contribution in [3.05, 3.63) is 21.7 Å². The zero-order valence-corrected chi connectivity index (χ0v) is 14.4. The summed E-state index contributed by atoms with van der Waals surface area (Å²) in [4.78, 5) is 8.98. The monoisotopic (exact) mass is 330 g/mol. The predicted octanol–water partition coefficient (Wildman–Crippen LogP) is 5.39. The molecule has 1 aromatic heterocycles. The van der Waals surface area contributed by atoms with Gasteiger partial charge in [-0.2, -0.15) is 0 Å². The Hall–Kier alpha value is -0.380. The summed E-state index contributed by atoms with van der Waals surface area (Å²) in [5.74, 6) is 1.13. The van der Waals surface area contributed by atoms with Gasteiger partial charge in [0.15, 0.2) is 5.82 Å². The van der Waals surface area contributed by atoms with Gasteiger partial charge in [0, 0.05) is 12.2 Å². The van der Waals surface area contributed by atoms with Crippen LogP contribution in [0.3, 0.4) is 0 Å². The quantitative estimate of drug-likeness (QED) is 0.655. The van der Waals surface area contributed by atoms with Gasteiger partial charge in [0.25, 0.3) is 0 Å². The average Bonchev–Trinajstić information content (AvgIpc) is 2.49. The van der Waals surface area contributed by atoms with Crippen LogP contribution >= 0.6 is 23.2 Å². The third-order valence-corrected chi connectivity index (χ3v) is 4.73. The lowest BCUT2D eigenvalue weighted by molar-refractivity contribution is -0.000201. The normalized spacial score (nSPS) is 17.9. The summed E-state index contributed by atoms with van der Waals surface area (Å²) in [7, 11) is 0. The predicted molar refractivity (Wildman–Crippen MR) is 87.0 cm³/mol. The lowest BCUT2D eigenvalue weighted by atomic mass is 9.85. The molecule has 0 radical (unpaired) electrons. The van der Waals surface area contributed by atoms with E-state index in [0.717, 1.165) is 18.4 Å². The Bertz CT molecular complexity index is 439. The Balaban J connectivity index is 2.27. The van der Waals surface area contributed by atoms with Gasteiger partial charge in [-0.1, -0.05) is 55.8 Å². The second-order valence-electron chi connectivity index (χ2n) is 5.67. The molecule has 1 atom stereocenters. The smallest absolute Gasteiger partial charge is 0.160 e. The van der Waals surface area contributed by atoms with E-state index >= 15 is 0 Å². The van der Waals surface area contributed by atoms with Crippen LogP contribution in [0.15, 0.2) is 0 Å². The molecule has 1 aliphatic carbocycles. The Morgan fingerprint density at radius 2 is 1.71 bits per heavy atom. The molecule has 0 N–H and O–H groups in total. The number of nitrogens with zero attached hydrogens (tertiary/aromatic N) is 2. The summed E-state index contributed by atoms with van der Waals surface area (Å²) < 4.78 is 5.94. The van der Waals surface area contributed by atoms with Gasteiger partial charge in [-0.25, -0.2) is 9.97 Å². The molecule has 1 heterocycles. The minimum Gasteiger partial charge on any atom is -0.370 e. The molecule has 2 rings (SSSR count). The highest BCUT2D eigenvalue weighted by Gasteiger charge is 2.29. The van der Waals surface area contributed by atoms with Crippen LogP contribution < -0.4 is 0 Å². The van der Waals surface area contributed by atoms with Crippen LogP contribution in [-0.2, 0) is 11.2 Å². The van der Waals surface area contributed by atoms with E-state index in [9.17, 15) is 0 Å². The molecule has 1 aliphatic rings. The molecule has 118 valence electrons. The number of hydrogen-bond acceptors (Lipinski definition) is 3. The van der Waals surface area contributed by atoms with E-state index < -0.39 is 0 Å². The number of aromatic nitrogens is 2. The van der Waals surface area contributed by atoms with Crippen molar-refractivity contribution in [3.63, 3.8) is 0 Å². The number of halogens is 2. The van der Waals surface area contributed by atoms with Crippen molar-refractivity contribution in [1.29, 1.82) is 0 Å². The highest BCUT2D eigenvalue weighted by molar-refractivity contribution is 6.34. The maximum Gasteiger partial charge on any atom is 0.160 e. The van der Waals surface area contributed by atoms with Crippen molar-refractivity contribution >= 4 is 23.2 Å². The van der Waals surface area contributed by atoms with Crippen molar-refractivity contribution < 1.29 is 4.74 Å². The Kier molecular flexibility index (Phi) is 6.72. The zero-order chi connectivity index (χ0) is 15.2. The molecule has 0 saturated heterocycles. The third kappa shape index (κ3) is 4.30. The molecule has 3 nitrogen and oxygen atoms in total. The second kappa shape index (κ2) is 8.30. The van der Waals surface area contributed by atoms with Gasteiger partial charge < -0.3 is 4.74 Å². The van der Waals surface area contributed by atoms with E-state index in [0.29, 0.717) is 28.7 Å².